The molecule has 1 aromatic heterocycles. The van der Waals surface area contributed by atoms with Gasteiger partial charge in [0.25, 0.3) is 0 Å². The summed E-state index contributed by atoms with van der Waals surface area (Å²) in [5.41, 5.74) is 6.93. The van der Waals surface area contributed by atoms with Crippen molar-refractivity contribution in [2.45, 2.75) is 34.2 Å². The molecular weight excluding hydrogens is 269 g/mol. The van der Waals surface area contributed by atoms with Crippen LogP contribution in [0.1, 0.15) is 27.7 Å². The predicted molar refractivity (Wildman–Crippen MR) is 80.8 cm³/mol. The summed E-state index contributed by atoms with van der Waals surface area (Å²) in [5.74, 6) is 1.61. The molecule has 2 N–H and O–H groups in total. The molecule has 0 bridgehead atoms. The van der Waals surface area contributed by atoms with Gasteiger partial charge < -0.3 is 5.73 Å². The summed E-state index contributed by atoms with van der Waals surface area (Å²) in [5, 5.41) is 11.8. The maximum atomic E-state index is 13.5. The first-order chi connectivity index (χ1) is 9.90. The molecule has 0 aliphatic heterocycles. The first-order valence-corrected chi connectivity index (χ1v) is 7.21. The molecule has 2 aromatic rings. The summed E-state index contributed by atoms with van der Waals surface area (Å²) in [6.07, 6.45) is 0. The summed E-state index contributed by atoms with van der Waals surface area (Å²) in [7, 11) is 0. The van der Waals surface area contributed by atoms with Crippen LogP contribution in [0.25, 0.3) is 11.4 Å². The first kappa shape index (κ1) is 15.4. The SMILES string of the molecule is CC(C)C(Cn1nnnc1-c1cc(F)ccc1N)C(C)C. The standard InChI is InChI=1S/C15H22FN5/c1-9(2)13(10(3)4)8-21-15(18-19-20-21)12-7-11(16)5-6-14(12)17/h5-7,9-10,13H,8,17H2,1-4H3. The van der Waals surface area contributed by atoms with Gasteiger partial charge in [-0.15, -0.1) is 5.10 Å². The maximum Gasteiger partial charge on any atom is 0.184 e. The molecule has 0 spiro atoms. The molecular formula is C15H22FN5. The normalized spacial score (nSPS) is 11.8. The van der Waals surface area contributed by atoms with Crippen molar-refractivity contribution in [3.8, 4) is 11.4 Å². The van der Waals surface area contributed by atoms with E-state index in [1.807, 2.05) is 0 Å². The highest BCUT2D eigenvalue weighted by atomic mass is 19.1. The van der Waals surface area contributed by atoms with E-state index in [-0.39, 0.29) is 5.82 Å². The van der Waals surface area contributed by atoms with E-state index in [2.05, 4.69) is 43.2 Å². The number of rotatable bonds is 5. The lowest BCUT2D eigenvalue weighted by molar-refractivity contribution is 0.242. The van der Waals surface area contributed by atoms with Crippen molar-refractivity contribution in [1.82, 2.24) is 20.2 Å². The van der Waals surface area contributed by atoms with Crippen LogP contribution in [0.2, 0.25) is 0 Å². The molecule has 0 atom stereocenters. The second-order valence-corrected chi connectivity index (χ2v) is 6.07. The fourth-order valence-corrected chi connectivity index (χ4v) is 2.63. The number of benzene rings is 1. The first-order valence-electron chi connectivity index (χ1n) is 7.21. The van der Waals surface area contributed by atoms with Crippen molar-refractivity contribution in [3.05, 3.63) is 24.0 Å². The van der Waals surface area contributed by atoms with E-state index in [9.17, 15) is 4.39 Å². The number of nitrogen functional groups attached to an aromatic ring is 1. The molecule has 1 aromatic carbocycles. The highest BCUT2D eigenvalue weighted by Crippen LogP contribution is 2.27. The molecule has 0 amide bonds. The van der Waals surface area contributed by atoms with Gasteiger partial charge in [0.2, 0.25) is 0 Å². The Hall–Kier alpha value is -1.98. The Morgan fingerprint density at radius 1 is 1.19 bits per heavy atom. The molecule has 0 aliphatic rings. The Labute approximate surface area is 124 Å². The van der Waals surface area contributed by atoms with Crippen LogP contribution in [0.5, 0.6) is 0 Å². The van der Waals surface area contributed by atoms with Gasteiger partial charge in [-0.25, -0.2) is 9.07 Å². The van der Waals surface area contributed by atoms with Gasteiger partial charge in [0.05, 0.1) is 0 Å². The number of hydrogen-bond acceptors (Lipinski definition) is 4. The summed E-state index contributed by atoms with van der Waals surface area (Å²) >= 11 is 0. The van der Waals surface area contributed by atoms with Crippen LogP contribution in [0.15, 0.2) is 18.2 Å². The van der Waals surface area contributed by atoms with Gasteiger partial charge in [-0.05, 0) is 46.4 Å². The number of tetrazole rings is 1. The maximum absolute atomic E-state index is 13.5. The van der Waals surface area contributed by atoms with Crippen LogP contribution >= 0.6 is 0 Å². The van der Waals surface area contributed by atoms with Crippen molar-refractivity contribution in [2.75, 3.05) is 5.73 Å². The van der Waals surface area contributed by atoms with Gasteiger partial charge in [0.15, 0.2) is 5.82 Å². The summed E-state index contributed by atoms with van der Waals surface area (Å²) in [4.78, 5) is 0. The fourth-order valence-electron chi connectivity index (χ4n) is 2.63. The van der Waals surface area contributed by atoms with E-state index in [4.69, 9.17) is 5.73 Å². The van der Waals surface area contributed by atoms with E-state index >= 15 is 0 Å². The molecule has 0 unspecified atom stereocenters. The van der Waals surface area contributed by atoms with E-state index in [0.717, 1.165) is 0 Å². The van der Waals surface area contributed by atoms with E-state index in [1.165, 1.54) is 18.2 Å². The molecule has 1 heterocycles. The molecule has 21 heavy (non-hydrogen) atoms. The third-order valence-corrected chi connectivity index (χ3v) is 3.88. The number of hydrogen-bond donors (Lipinski definition) is 1. The van der Waals surface area contributed by atoms with Crippen molar-refractivity contribution >= 4 is 5.69 Å². The molecule has 0 aliphatic carbocycles. The van der Waals surface area contributed by atoms with Gasteiger partial charge in [0, 0.05) is 17.8 Å². The fraction of sp³-hybridized carbons (Fsp3) is 0.533. The van der Waals surface area contributed by atoms with Crippen LogP contribution in [-0.4, -0.2) is 20.2 Å². The Morgan fingerprint density at radius 2 is 1.86 bits per heavy atom. The number of halogens is 1. The van der Waals surface area contributed by atoms with Gasteiger partial charge in [0.1, 0.15) is 5.82 Å². The smallest absolute Gasteiger partial charge is 0.184 e. The Balaban J connectivity index is 2.36. The van der Waals surface area contributed by atoms with Crippen LogP contribution < -0.4 is 5.73 Å². The highest BCUT2D eigenvalue weighted by Gasteiger charge is 2.21. The molecule has 2 rings (SSSR count). The quantitative estimate of drug-likeness (QED) is 0.860. The van der Waals surface area contributed by atoms with E-state index in [1.54, 1.807) is 4.68 Å². The minimum absolute atomic E-state index is 0.349. The zero-order valence-electron chi connectivity index (χ0n) is 12.9. The second-order valence-electron chi connectivity index (χ2n) is 6.07. The van der Waals surface area contributed by atoms with Gasteiger partial charge in [-0.3, -0.25) is 0 Å². The molecule has 0 radical (unpaired) electrons. The minimum atomic E-state index is -0.349. The van der Waals surface area contributed by atoms with E-state index < -0.39 is 0 Å². The van der Waals surface area contributed by atoms with Crippen LogP contribution in [0, 0.1) is 23.6 Å². The Kier molecular flexibility index (Phi) is 4.55. The number of nitrogens with zero attached hydrogens (tertiary/aromatic N) is 4. The van der Waals surface area contributed by atoms with Crippen molar-refractivity contribution in [3.63, 3.8) is 0 Å². The van der Waals surface area contributed by atoms with Crippen molar-refractivity contribution in [2.24, 2.45) is 17.8 Å². The van der Waals surface area contributed by atoms with Crippen LogP contribution in [0.4, 0.5) is 10.1 Å². The predicted octanol–water partition coefficient (Wildman–Crippen LogP) is 2.99. The topological polar surface area (TPSA) is 69.6 Å². The van der Waals surface area contributed by atoms with Gasteiger partial charge in [-0.2, -0.15) is 0 Å². The monoisotopic (exact) mass is 291 g/mol. The van der Waals surface area contributed by atoms with Gasteiger partial charge in [-0.1, -0.05) is 27.7 Å². The third-order valence-electron chi connectivity index (χ3n) is 3.88. The lowest BCUT2D eigenvalue weighted by atomic mass is 9.85. The molecule has 0 saturated heterocycles. The third kappa shape index (κ3) is 3.37. The van der Waals surface area contributed by atoms with Crippen LogP contribution in [0.3, 0.4) is 0 Å². The number of nitrogens with two attached hydrogens (primary N) is 1. The summed E-state index contributed by atoms with van der Waals surface area (Å²) in [6.45, 7) is 9.43. The zero-order chi connectivity index (χ0) is 15.6. The van der Waals surface area contributed by atoms with Crippen molar-refractivity contribution in [1.29, 1.82) is 0 Å². The number of aromatic nitrogens is 4. The average molecular weight is 291 g/mol. The minimum Gasteiger partial charge on any atom is -0.398 e. The molecule has 5 nitrogen and oxygen atoms in total. The molecule has 114 valence electrons. The average Bonchev–Trinajstić information content (AvgIpc) is 2.86. The Morgan fingerprint density at radius 3 is 2.48 bits per heavy atom. The lowest BCUT2D eigenvalue weighted by Crippen LogP contribution is -2.23. The Bertz CT molecular complexity index is 598. The molecule has 0 fully saturated rings. The second kappa shape index (κ2) is 6.20. The summed E-state index contributed by atoms with van der Waals surface area (Å²) in [6, 6.07) is 4.24. The van der Waals surface area contributed by atoms with Crippen molar-refractivity contribution < 1.29 is 4.39 Å². The molecule has 0 saturated carbocycles. The van der Waals surface area contributed by atoms with Crippen LogP contribution in [-0.2, 0) is 6.54 Å². The van der Waals surface area contributed by atoms with E-state index in [0.29, 0.717) is 41.4 Å². The lowest BCUT2D eigenvalue weighted by Gasteiger charge is -2.24. The number of anilines is 1. The largest absolute Gasteiger partial charge is 0.398 e. The zero-order valence-corrected chi connectivity index (χ0v) is 12.9. The van der Waals surface area contributed by atoms with Gasteiger partial charge >= 0.3 is 0 Å². The summed E-state index contributed by atoms with van der Waals surface area (Å²) < 4.78 is 15.2. The highest BCUT2D eigenvalue weighted by molar-refractivity contribution is 5.71. The molecule has 6 heteroatoms.